The molecule has 1 saturated heterocycles. The highest BCUT2D eigenvalue weighted by Crippen LogP contribution is 2.42. The molecule has 0 bridgehead atoms. The third-order valence-electron chi connectivity index (χ3n) is 3.94. The van der Waals surface area contributed by atoms with Crippen LogP contribution >= 0.6 is 0 Å². The fourth-order valence-corrected chi connectivity index (χ4v) is 3.13. The lowest BCUT2D eigenvalue weighted by Gasteiger charge is -2.33. The van der Waals surface area contributed by atoms with Crippen LogP contribution in [0.2, 0.25) is 0 Å². The van der Waals surface area contributed by atoms with Gasteiger partial charge in [0.2, 0.25) is 5.91 Å². The molecule has 0 aromatic heterocycles. The van der Waals surface area contributed by atoms with Crippen LogP contribution in [0.4, 0.5) is 4.39 Å². The van der Waals surface area contributed by atoms with Crippen molar-refractivity contribution in [3.63, 3.8) is 0 Å². The number of fused-ring (bicyclic) bond motifs is 2. The number of carbonyl (C=O) groups is 1. The Morgan fingerprint density at radius 2 is 2.19 bits per heavy atom. The van der Waals surface area contributed by atoms with Crippen molar-refractivity contribution in [2.75, 3.05) is 6.54 Å². The van der Waals surface area contributed by atoms with E-state index >= 15 is 0 Å². The first-order chi connectivity index (χ1) is 7.74. The van der Waals surface area contributed by atoms with E-state index in [-0.39, 0.29) is 11.7 Å². The van der Waals surface area contributed by atoms with Crippen molar-refractivity contribution in [3.05, 3.63) is 35.1 Å². The predicted molar refractivity (Wildman–Crippen MR) is 58.6 cm³/mol. The first kappa shape index (κ1) is 9.82. The highest BCUT2D eigenvalue weighted by Gasteiger charge is 2.46. The molecule has 1 aliphatic heterocycles. The molecular weight excluding hydrogens is 205 g/mol. The van der Waals surface area contributed by atoms with Gasteiger partial charge in [-0.1, -0.05) is 12.1 Å². The zero-order valence-corrected chi connectivity index (χ0v) is 9.05. The van der Waals surface area contributed by atoms with Crippen LogP contribution in [0.5, 0.6) is 0 Å². The molecule has 2 nitrogen and oxygen atoms in total. The van der Waals surface area contributed by atoms with E-state index in [1.807, 2.05) is 6.07 Å². The maximum absolute atomic E-state index is 13.7. The van der Waals surface area contributed by atoms with Gasteiger partial charge in [-0.25, -0.2) is 4.39 Å². The van der Waals surface area contributed by atoms with Gasteiger partial charge in [-0.2, -0.15) is 0 Å². The lowest BCUT2D eigenvalue weighted by Crippen LogP contribution is -2.38. The van der Waals surface area contributed by atoms with Crippen molar-refractivity contribution >= 4 is 5.91 Å². The van der Waals surface area contributed by atoms with Crippen molar-refractivity contribution in [2.24, 2.45) is 0 Å². The lowest BCUT2D eigenvalue weighted by molar-refractivity contribution is -0.124. The quantitative estimate of drug-likeness (QED) is 0.709. The van der Waals surface area contributed by atoms with Gasteiger partial charge >= 0.3 is 0 Å². The molecule has 1 heterocycles. The average Bonchev–Trinajstić information content (AvgIpc) is 2.63. The fourth-order valence-electron chi connectivity index (χ4n) is 3.13. The van der Waals surface area contributed by atoms with Crippen molar-refractivity contribution < 1.29 is 9.18 Å². The van der Waals surface area contributed by atoms with Crippen molar-refractivity contribution in [1.29, 1.82) is 0 Å². The molecular formula is C13H14FNO. The summed E-state index contributed by atoms with van der Waals surface area (Å²) in [6.45, 7) is 0.717. The van der Waals surface area contributed by atoms with Crippen LogP contribution in [0.15, 0.2) is 18.2 Å². The first-order valence-corrected chi connectivity index (χ1v) is 5.80. The Kier molecular flexibility index (Phi) is 2.03. The maximum atomic E-state index is 13.7. The summed E-state index contributed by atoms with van der Waals surface area (Å²) in [5, 5.41) is 2.88. The van der Waals surface area contributed by atoms with Gasteiger partial charge in [0.1, 0.15) is 5.82 Å². The molecule has 1 aromatic rings. The highest BCUT2D eigenvalue weighted by molar-refractivity contribution is 5.91. The molecule has 1 amide bonds. The predicted octanol–water partition coefficient (Wildman–Crippen LogP) is 1.92. The molecule has 2 aliphatic rings. The van der Waals surface area contributed by atoms with Crippen LogP contribution in [-0.4, -0.2) is 12.5 Å². The smallest absolute Gasteiger partial charge is 0.230 e. The zero-order chi connectivity index (χ0) is 11.2. The summed E-state index contributed by atoms with van der Waals surface area (Å²) in [6, 6.07) is 5.13. The normalized spacial score (nSPS) is 27.9. The molecule has 0 radical (unpaired) electrons. The van der Waals surface area contributed by atoms with E-state index in [0.717, 1.165) is 43.4 Å². The third kappa shape index (κ3) is 1.14. The minimum atomic E-state index is -0.435. The number of carbonyl (C=O) groups excluding carboxylic acids is 1. The minimum absolute atomic E-state index is 0.0825. The molecule has 84 valence electrons. The second-order valence-corrected chi connectivity index (χ2v) is 4.71. The second-order valence-electron chi connectivity index (χ2n) is 4.71. The van der Waals surface area contributed by atoms with E-state index in [0.29, 0.717) is 0 Å². The van der Waals surface area contributed by atoms with E-state index < -0.39 is 5.41 Å². The second kappa shape index (κ2) is 3.30. The van der Waals surface area contributed by atoms with E-state index in [4.69, 9.17) is 0 Å². The van der Waals surface area contributed by atoms with Gasteiger partial charge in [0.25, 0.3) is 0 Å². The Bertz CT molecular complexity index is 457. The molecule has 3 heteroatoms. The van der Waals surface area contributed by atoms with Crippen molar-refractivity contribution in [1.82, 2.24) is 5.32 Å². The van der Waals surface area contributed by atoms with Gasteiger partial charge in [0.15, 0.2) is 0 Å². The van der Waals surface area contributed by atoms with Crippen LogP contribution in [0, 0.1) is 5.82 Å². The van der Waals surface area contributed by atoms with E-state index in [1.54, 1.807) is 6.07 Å². The fraction of sp³-hybridized carbons (Fsp3) is 0.462. The summed E-state index contributed by atoms with van der Waals surface area (Å²) < 4.78 is 13.7. The molecule has 1 aliphatic carbocycles. The Hall–Kier alpha value is -1.38. The van der Waals surface area contributed by atoms with Crippen molar-refractivity contribution in [3.8, 4) is 0 Å². The Morgan fingerprint density at radius 3 is 2.94 bits per heavy atom. The monoisotopic (exact) mass is 219 g/mol. The van der Waals surface area contributed by atoms with Crippen LogP contribution < -0.4 is 5.32 Å². The van der Waals surface area contributed by atoms with E-state index in [2.05, 4.69) is 5.32 Å². The Morgan fingerprint density at radius 1 is 1.31 bits per heavy atom. The van der Waals surface area contributed by atoms with Gasteiger partial charge < -0.3 is 5.32 Å². The number of nitrogens with one attached hydrogen (secondary N) is 1. The summed E-state index contributed by atoms with van der Waals surface area (Å²) in [5.74, 6) is -0.0738. The van der Waals surface area contributed by atoms with Gasteiger partial charge in [-0.3, -0.25) is 4.79 Å². The molecule has 1 spiro atoms. The molecule has 1 unspecified atom stereocenters. The van der Waals surface area contributed by atoms with Crippen LogP contribution in [0.1, 0.15) is 30.4 Å². The molecule has 1 N–H and O–H groups in total. The number of amides is 1. The largest absolute Gasteiger partial charge is 0.355 e. The topological polar surface area (TPSA) is 29.1 Å². The zero-order valence-electron chi connectivity index (χ0n) is 9.05. The number of halogens is 1. The third-order valence-corrected chi connectivity index (χ3v) is 3.94. The highest BCUT2D eigenvalue weighted by atomic mass is 19.1. The van der Waals surface area contributed by atoms with E-state index in [9.17, 15) is 9.18 Å². The van der Waals surface area contributed by atoms with E-state index in [1.165, 1.54) is 6.07 Å². The number of rotatable bonds is 0. The van der Waals surface area contributed by atoms with Crippen LogP contribution in [0.25, 0.3) is 0 Å². The molecule has 3 rings (SSSR count). The van der Waals surface area contributed by atoms with Crippen LogP contribution in [-0.2, 0) is 16.6 Å². The summed E-state index contributed by atoms with van der Waals surface area (Å²) in [4.78, 5) is 12.0. The molecule has 1 fully saturated rings. The number of benzene rings is 1. The molecule has 1 aromatic carbocycles. The molecule has 16 heavy (non-hydrogen) atoms. The standard InChI is InChI=1S/C13H14FNO/c14-11-5-1-4-10-9(11)3-2-6-13(10)7-8-15-12(13)16/h1,4-5H,2-3,6-8H2,(H,15,16). The summed E-state index contributed by atoms with van der Waals surface area (Å²) >= 11 is 0. The van der Waals surface area contributed by atoms with Gasteiger partial charge in [-0.05, 0) is 42.9 Å². The maximum Gasteiger partial charge on any atom is 0.230 e. The molecule has 0 saturated carbocycles. The SMILES string of the molecule is O=C1NCCC12CCCc1c(F)cccc12. The molecule has 1 atom stereocenters. The van der Waals surface area contributed by atoms with Crippen LogP contribution in [0.3, 0.4) is 0 Å². The number of hydrogen-bond donors (Lipinski definition) is 1. The minimum Gasteiger partial charge on any atom is -0.355 e. The summed E-state index contributed by atoms with van der Waals surface area (Å²) in [6.07, 6.45) is 3.33. The van der Waals surface area contributed by atoms with Gasteiger partial charge in [-0.15, -0.1) is 0 Å². The Balaban J connectivity index is 2.20. The first-order valence-electron chi connectivity index (χ1n) is 5.80. The van der Waals surface area contributed by atoms with Gasteiger partial charge in [0.05, 0.1) is 5.41 Å². The van der Waals surface area contributed by atoms with Gasteiger partial charge in [0, 0.05) is 6.54 Å². The number of hydrogen-bond acceptors (Lipinski definition) is 1. The van der Waals surface area contributed by atoms with Crippen molar-refractivity contribution in [2.45, 2.75) is 31.1 Å². The Labute approximate surface area is 93.9 Å². The summed E-state index contributed by atoms with van der Waals surface area (Å²) in [7, 11) is 0. The lowest BCUT2D eigenvalue weighted by atomic mass is 9.69. The average molecular weight is 219 g/mol. The summed E-state index contributed by atoms with van der Waals surface area (Å²) in [5.41, 5.74) is 1.25.